The highest BCUT2D eigenvalue weighted by Gasteiger charge is 2.27. The molecule has 0 aliphatic heterocycles. The van der Waals surface area contributed by atoms with Gasteiger partial charge < -0.3 is 4.74 Å². The molecule has 0 saturated carbocycles. The predicted octanol–water partition coefficient (Wildman–Crippen LogP) is 6.32. The number of aromatic amines is 1. The van der Waals surface area contributed by atoms with Crippen LogP contribution in [0.4, 0.5) is 0 Å². The van der Waals surface area contributed by atoms with Crippen molar-refractivity contribution in [2.45, 2.75) is 13.8 Å². The van der Waals surface area contributed by atoms with Crippen LogP contribution in [-0.2, 0) is 0 Å². The van der Waals surface area contributed by atoms with Crippen molar-refractivity contribution in [2.75, 3.05) is 7.11 Å². The van der Waals surface area contributed by atoms with Gasteiger partial charge in [0.1, 0.15) is 17.3 Å². The number of imidazole rings is 1. The molecule has 0 saturated heterocycles. The molecule has 0 atom stereocenters. The van der Waals surface area contributed by atoms with E-state index in [4.69, 9.17) is 32.9 Å². The van der Waals surface area contributed by atoms with Crippen LogP contribution in [-0.4, -0.2) is 37.3 Å². The van der Waals surface area contributed by atoms with Gasteiger partial charge >= 0.3 is 0 Å². The second-order valence-corrected chi connectivity index (χ2v) is 8.72. The fourth-order valence-electron chi connectivity index (χ4n) is 3.99. The number of nitrogens with zero attached hydrogens (tertiary/aromatic N) is 5. The molecule has 0 amide bonds. The van der Waals surface area contributed by atoms with Gasteiger partial charge in [-0.05, 0) is 61.0 Å². The predicted molar refractivity (Wildman–Crippen MR) is 134 cm³/mol. The lowest BCUT2D eigenvalue weighted by Gasteiger charge is -2.17. The van der Waals surface area contributed by atoms with E-state index in [-0.39, 0.29) is 0 Å². The number of tetrazole rings is 1. The SMILES string of the molecule is COc1ccc(Cl)cc1-c1c(-c2nn[nH]n2)nc(-c2cccc(C)c2)n1-c1cc(Cl)ccc1C. The summed E-state index contributed by atoms with van der Waals surface area (Å²) in [5.74, 6) is 1.68. The molecule has 9 heteroatoms. The summed E-state index contributed by atoms with van der Waals surface area (Å²) >= 11 is 12.9. The monoisotopic (exact) mass is 490 g/mol. The van der Waals surface area contributed by atoms with E-state index in [1.165, 1.54) is 0 Å². The molecule has 0 fully saturated rings. The van der Waals surface area contributed by atoms with Crippen molar-refractivity contribution >= 4 is 23.2 Å². The van der Waals surface area contributed by atoms with Crippen LogP contribution in [0.25, 0.3) is 39.9 Å². The van der Waals surface area contributed by atoms with Crippen LogP contribution in [0.2, 0.25) is 10.0 Å². The molecule has 0 aliphatic rings. The van der Waals surface area contributed by atoms with Crippen molar-refractivity contribution in [2.24, 2.45) is 0 Å². The van der Waals surface area contributed by atoms with Gasteiger partial charge in [-0.15, -0.1) is 10.2 Å². The molecule has 1 N–H and O–H groups in total. The lowest BCUT2D eigenvalue weighted by Crippen LogP contribution is -2.04. The third-order valence-corrected chi connectivity index (χ3v) is 6.01. The van der Waals surface area contributed by atoms with E-state index in [0.29, 0.717) is 38.8 Å². The minimum Gasteiger partial charge on any atom is -0.496 e. The summed E-state index contributed by atoms with van der Waals surface area (Å²) < 4.78 is 7.77. The van der Waals surface area contributed by atoms with Gasteiger partial charge in [0.2, 0.25) is 5.82 Å². The molecular formula is C25H20Cl2N6O. The van der Waals surface area contributed by atoms with Crippen molar-refractivity contribution in [3.63, 3.8) is 0 Å². The van der Waals surface area contributed by atoms with E-state index in [9.17, 15) is 0 Å². The van der Waals surface area contributed by atoms with Crippen molar-refractivity contribution in [3.8, 4) is 45.6 Å². The van der Waals surface area contributed by atoms with E-state index in [0.717, 1.165) is 27.9 Å². The molecule has 0 unspecified atom stereocenters. The zero-order valence-electron chi connectivity index (χ0n) is 18.7. The van der Waals surface area contributed by atoms with E-state index in [1.54, 1.807) is 13.2 Å². The maximum atomic E-state index is 6.46. The highest BCUT2D eigenvalue weighted by Crippen LogP contribution is 2.42. The Bertz CT molecular complexity index is 1490. The van der Waals surface area contributed by atoms with Gasteiger partial charge in [-0.3, -0.25) is 4.57 Å². The first-order valence-electron chi connectivity index (χ1n) is 10.5. The van der Waals surface area contributed by atoms with Crippen LogP contribution in [0.15, 0.2) is 60.7 Å². The molecule has 2 heterocycles. The molecular weight excluding hydrogens is 471 g/mol. The lowest BCUT2D eigenvalue weighted by atomic mass is 10.1. The van der Waals surface area contributed by atoms with Crippen molar-refractivity contribution in [1.29, 1.82) is 0 Å². The third kappa shape index (κ3) is 3.93. The molecule has 0 spiro atoms. The molecule has 2 aromatic heterocycles. The number of ether oxygens (including phenoxy) is 1. The minimum absolute atomic E-state index is 0.351. The molecule has 3 aromatic carbocycles. The number of H-pyrrole nitrogens is 1. The van der Waals surface area contributed by atoms with Crippen molar-refractivity contribution < 1.29 is 4.74 Å². The Morgan fingerprint density at radius 3 is 2.47 bits per heavy atom. The van der Waals surface area contributed by atoms with E-state index in [2.05, 4.69) is 31.3 Å². The highest BCUT2D eigenvalue weighted by atomic mass is 35.5. The fourth-order valence-corrected chi connectivity index (χ4v) is 4.33. The molecule has 0 aliphatic carbocycles. The van der Waals surface area contributed by atoms with Gasteiger partial charge in [-0.2, -0.15) is 5.21 Å². The normalized spacial score (nSPS) is 11.1. The number of rotatable bonds is 5. The zero-order chi connectivity index (χ0) is 23.8. The highest BCUT2D eigenvalue weighted by molar-refractivity contribution is 6.31. The molecule has 5 aromatic rings. The minimum atomic E-state index is 0.351. The Labute approximate surface area is 206 Å². The first-order valence-corrected chi connectivity index (χ1v) is 11.3. The second-order valence-electron chi connectivity index (χ2n) is 7.85. The van der Waals surface area contributed by atoms with Crippen molar-refractivity contribution in [1.82, 2.24) is 30.2 Å². The number of hydrogen-bond acceptors (Lipinski definition) is 5. The Balaban J connectivity index is 1.97. The van der Waals surface area contributed by atoms with Gasteiger partial charge in [-0.25, -0.2) is 4.98 Å². The van der Waals surface area contributed by atoms with Crippen LogP contribution in [0.1, 0.15) is 11.1 Å². The number of nitrogens with one attached hydrogen (secondary N) is 1. The zero-order valence-corrected chi connectivity index (χ0v) is 20.2. The molecule has 0 bridgehead atoms. The summed E-state index contributed by atoms with van der Waals surface area (Å²) in [5, 5.41) is 15.9. The first-order chi connectivity index (χ1) is 16.5. The standard InChI is InChI=1S/C25H20Cl2N6O/c1-14-5-4-6-16(11-14)25-28-22(24-29-31-32-30-24)23(19-12-17(26)9-10-21(19)34-3)33(25)20-13-18(27)8-7-15(20)2/h4-13H,1-3H3,(H,29,30,31,32). The summed E-state index contributed by atoms with van der Waals surface area (Å²) in [4.78, 5) is 5.03. The van der Waals surface area contributed by atoms with Crippen LogP contribution >= 0.6 is 23.2 Å². The molecule has 5 rings (SSSR count). The number of benzene rings is 3. The number of aromatic nitrogens is 6. The average molecular weight is 491 g/mol. The molecule has 170 valence electrons. The van der Waals surface area contributed by atoms with E-state index >= 15 is 0 Å². The van der Waals surface area contributed by atoms with Gasteiger partial charge in [0.25, 0.3) is 0 Å². The molecule has 0 radical (unpaired) electrons. The quantitative estimate of drug-likeness (QED) is 0.311. The number of halogens is 2. The van der Waals surface area contributed by atoms with E-state index < -0.39 is 0 Å². The van der Waals surface area contributed by atoms with Crippen LogP contribution in [0.5, 0.6) is 5.75 Å². The number of hydrogen-bond donors (Lipinski definition) is 1. The van der Waals surface area contributed by atoms with Gasteiger partial charge in [0.15, 0.2) is 0 Å². The van der Waals surface area contributed by atoms with Crippen LogP contribution in [0.3, 0.4) is 0 Å². The Morgan fingerprint density at radius 2 is 1.74 bits per heavy atom. The summed E-state index contributed by atoms with van der Waals surface area (Å²) in [7, 11) is 1.62. The van der Waals surface area contributed by atoms with Crippen LogP contribution in [0, 0.1) is 13.8 Å². The molecule has 34 heavy (non-hydrogen) atoms. The number of methoxy groups -OCH3 is 1. The Kier molecular flexibility index (Phi) is 5.81. The van der Waals surface area contributed by atoms with E-state index in [1.807, 2.05) is 62.4 Å². The van der Waals surface area contributed by atoms with Gasteiger partial charge in [0, 0.05) is 21.2 Å². The summed E-state index contributed by atoms with van der Waals surface area (Å²) in [6.07, 6.45) is 0. The largest absolute Gasteiger partial charge is 0.496 e. The maximum absolute atomic E-state index is 6.46. The van der Waals surface area contributed by atoms with Crippen molar-refractivity contribution in [3.05, 3.63) is 81.8 Å². The second kappa shape index (κ2) is 8.93. The van der Waals surface area contributed by atoms with Crippen LogP contribution < -0.4 is 4.74 Å². The van der Waals surface area contributed by atoms with Gasteiger partial charge in [-0.1, -0.05) is 53.0 Å². The fraction of sp³-hybridized carbons (Fsp3) is 0.120. The third-order valence-electron chi connectivity index (χ3n) is 5.54. The summed E-state index contributed by atoms with van der Waals surface area (Å²) in [6.45, 7) is 4.07. The first kappa shape index (κ1) is 22.1. The smallest absolute Gasteiger partial charge is 0.225 e. The maximum Gasteiger partial charge on any atom is 0.225 e. The van der Waals surface area contributed by atoms with Gasteiger partial charge in [0.05, 0.1) is 18.5 Å². The topological polar surface area (TPSA) is 81.5 Å². The lowest BCUT2D eigenvalue weighted by molar-refractivity contribution is 0.416. The summed E-state index contributed by atoms with van der Waals surface area (Å²) in [6, 6.07) is 19.4. The Morgan fingerprint density at radius 1 is 0.941 bits per heavy atom. The Hall–Kier alpha value is -3.68. The molecule has 7 nitrogen and oxygen atoms in total. The summed E-state index contributed by atoms with van der Waals surface area (Å²) in [5.41, 5.74) is 5.89. The average Bonchev–Trinajstić information content (AvgIpc) is 3.48. The number of aryl methyl sites for hydroxylation is 2.